The molecule has 3 aliphatic rings. The molecule has 2 saturated heterocycles. The van der Waals surface area contributed by atoms with Crippen LogP contribution >= 0.6 is 7.82 Å². The number of carbonyl (C=O) groups excluding carboxylic acids is 4. The molecule has 3 rings (SSSR count). The topological polar surface area (TPSA) is 380 Å². The first-order valence-corrected chi connectivity index (χ1v) is 50.2. The maximum absolute atomic E-state index is 14.9. The van der Waals surface area contributed by atoms with E-state index >= 15 is 0 Å². The lowest BCUT2D eigenvalue weighted by atomic mass is 9.84. The van der Waals surface area contributed by atoms with Crippen molar-refractivity contribution in [3.8, 4) is 0 Å². The van der Waals surface area contributed by atoms with E-state index in [1.54, 1.807) is 0 Å². The summed E-state index contributed by atoms with van der Waals surface area (Å²) in [4.78, 5) is 66.6. The highest BCUT2D eigenvalue weighted by molar-refractivity contribution is 7.47. The van der Waals surface area contributed by atoms with Crippen molar-refractivity contribution in [3.05, 3.63) is 12.2 Å². The Hall–Kier alpha value is -2.79. The first-order chi connectivity index (χ1) is 58.0. The lowest BCUT2D eigenvalue weighted by molar-refractivity contribution is -0.360. The molecule has 1 saturated carbocycles. The summed E-state index contributed by atoms with van der Waals surface area (Å²) >= 11 is 0. The number of allylic oxidation sites excluding steroid dienone is 2. The Morgan fingerprint density at radius 3 is 1.08 bits per heavy atom. The highest BCUT2D eigenvalue weighted by Gasteiger charge is 2.60. The summed E-state index contributed by atoms with van der Waals surface area (Å²) in [6.07, 6.45) is 27.7. The molecule has 0 aromatic carbocycles. The van der Waals surface area contributed by atoms with E-state index in [2.05, 4.69) is 53.7 Å². The highest BCUT2D eigenvalue weighted by Crippen LogP contribution is 2.49. The van der Waals surface area contributed by atoms with Gasteiger partial charge < -0.3 is 88.7 Å². The maximum Gasteiger partial charge on any atom is 0.472 e. The van der Waals surface area contributed by atoms with Crippen LogP contribution in [0.25, 0.3) is 0 Å². The first kappa shape index (κ1) is 111. The first-order valence-electron chi connectivity index (χ1n) is 48.7. The van der Waals surface area contributed by atoms with E-state index in [4.69, 9.17) is 46.9 Å². The Morgan fingerprint density at radius 1 is 0.350 bits per heavy atom. The molecule has 25 nitrogen and oxygen atoms in total. The van der Waals surface area contributed by atoms with E-state index in [1.807, 2.05) is 0 Å². The van der Waals surface area contributed by atoms with E-state index in [9.17, 15) is 74.6 Å². The van der Waals surface area contributed by atoms with Crippen molar-refractivity contribution in [1.29, 1.82) is 0 Å². The Balaban J connectivity index is 1.92. The van der Waals surface area contributed by atoms with Crippen LogP contribution in [0.3, 0.4) is 0 Å². The lowest BCUT2D eigenvalue weighted by Crippen LogP contribution is -2.70. The fourth-order valence-corrected chi connectivity index (χ4v) is 17.4. The molecule has 706 valence electrons. The van der Waals surface area contributed by atoms with Gasteiger partial charge in [-0.15, -0.1) is 0 Å². The minimum absolute atomic E-state index is 0.0153. The van der Waals surface area contributed by atoms with Gasteiger partial charge in [0.05, 0.1) is 13.2 Å². The van der Waals surface area contributed by atoms with E-state index in [0.29, 0.717) is 43.9 Å². The van der Waals surface area contributed by atoms with Crippen LogP contribution in [0, 0.1) is 11.8 Å². The lowest BCUT2D eigenvalue weighted by Gasteiger charge is -2.50. The normalized spacial score (nSPS) is 25.3. The number of ether oxygens (including phenoxy) is 8. The van der Waals surface area contributed by atoms with Crippen molar-refractivity contribution in [1.82, 2.24) is 0 Å². The van der Waals surface area contributed by atoms with Gasteiger partial charge in [-0.05, 0) is 63.2 Å². The number of phosphoric ester groups is 1. The van der Waals surface area contributed by atoms with Gasteiger partial charge in [-0.3, -0.25) is 28.2 Å². The molecule has 0 aromatic rings. The second-order valence-electron chi connectivity index (χ2n) is 35.5. The molecular formula is C94H175O25P. The molecule has 0 bridgehead atoms. The summed E-state index contributed by atoms with van der Waals surface area (Å²) in [7, 11) is -5.81. The third kappa shape index (κ3) is 51.3. The molecule has 2 aliphatic heterocycles. The highest BCUT2D eigenvalue weighted by atomic mass is 31.2. The summed E-state index contributed by atoms with van der Waals surface area (Å²) in [5.41, 5.74) is 0. The predicted molar refractivity (Wildman–Crippen MR) is 467 cm³/mol. The number of esters is 4. The van der Waals surface area contributed by atoms with Crippen molar-refractivity contribution >= 4 is 31.7 Å². The fourth-order valence-electron chi connectivity index (χ4n) is 16.4. The number of aliphatic hydroxyl groups excluding tert-OH is 9. The maximum atomic E-state index is 14.9. The molecule has 120 heavy (non-hydrogen) atoms. The van der Waals surface area contributed by atoms with Gasteiger partial charge in [0.15, 0.2) is 24.8 Å². The van der Waals surface area contributed by atoms with E-state index < -0.39 is 162 Å². The zero-order chi connectivity index (χ0) is 87.8. The second kappa shape index (κ2) is 71.2. The summed E-state index contributed by atoms with van der Waals surface area (Å²) in [6, 6.07) is 0. The van der Waals surface area contributed by atoms with Crippen LogP contribution < -0.4 is 0 Å². The van der Waals surface area contributed by atoms with Gasteiger partial charge in [0.2, 0.25) is 0 Å². The summed E-state index contributed by atoms with van der Waals surface area (Å²) in [5.74, 6) is -1.62. The number of phosphoric acid groups is 1. The smallest absolute Gasteiger partial charge is 0.463 e. The largest absolute Gasteiger partial charge is 0.472 e. The third-order valence-electron chi connectivity index (χ3n) is 24.3. The number of hydrogen-bond donors (Lipinski definition) is 10. The van der Waals surface area contributed by atoms with Gasteiger partial charge in [-0.25, -0.2) is 4.57 Å². The van der Waals surface area contributed by atoms with Gasteiger partial charge in [-0.2, -0.15) is 0 Å². The van der Waals surface area contributed by atoms with Crippen LogP contribution in [0.5, 0.6) is 0 Å². The molecule has 3 fully saturated rings. The average molecular weight is 1740 g/mol. The van der Waals surface area contributed by atoms with Gasteiger partial charge in [0, 0.05) is 25.7 Å². The molecule has 0 aromatic heterocycles. The Morgan fingerprint density at radius 2 is 0.675 bits per heavy atom. The van der Waals surface area contributed by atoms with E-state index in [0.717, 1.165) is 128 Å². The van der Waals surface area contributed by atoms with E-state index in [-0.39, 0.29) is 25.7 Å². The molecule has 20 atom stereocenters. The quantitative estimate of drug-likeness (QED) is 0.00889. The Labute approximate surface area is 724 Å². The van der Waals surface area contributed by atoms with Crippen LogP contribution in [-0.2, 0) is 70.7 Å². The van der Waals surface area contributed by atoms with Crippen LogP contribution in [0.1, 0.15) is 420 Å². The van der Waals surface area contributed by atoms with Crippen molar-refractivity contribution in [3.63, 3.8) is 0 Å². The molecule has 26 heteroatoms. The van der Waals surface area contributed by atoms with Gasteiger partial charge in [0.1, 0.15) is 92.6 Å². The molecule has 0 radical (unpaired) electrons. The molecule has 10 N–H and O–H groups in total. The molecule has 0 spiro atoms. The monoisotopic (exact) mass is 1740 g/mol. The molecule has 1 aliphatic carbocycles. The third-order valence-corrected chi connectivity index (χ3v) is 25.3. The fraction of sp³-hybridized carbons (Fsp3) is 0.936. The zero-order valence-electron chi connectivity index (χ0n) is 75.7. The second-order valence-corrected chi connectivity index (χ2v) is 36.9. The number of aliphatic hydroxyl groups is 9. The number of rotatable bonds is 78. The van der Waals surface area contributed by atoms with Crippen LogP contribution in [0.15, 0.2) is 12.2 Å². The molecular weight excluding hydrogens is 1560 g/mol. The molecule has 20 unspecified atom stereocenters. The SMILES string of the molecule is CCCCCCCC/C=C\CCCCCC(=O)OCC(COP(=O)(O)OC1C(OC2OC(CO)C(O)C(O)C2O)C(O)C(O)C(OC(=O)CCCCCCCCCCCCCCCCCC)C1OC1OC(COC(=O)CCCCCCCCC(C)CCCCCCCC)C(O)C(O)C1O)OC(=O)CCCCCCCCC(C)CCCCCCCC. The Bertz CT molecular complexity index is 2570. The summed E-state index contributed by atoms with van der Waals surface area (Å²) in [5, 5.41) is 103. The van der Waals surface area contributed by atoms with Crippen LogP contribution in [-0.4, -0.2) is 205 Å². The number of hydrogen-bond acceptors (Lipinski definition) is 24. The average Bonchev–Trinajstić information content (AvgIpc) is 0.753. The number of carbonyl (C=O) groups is 4. The standard InChI is InChI=1S/C94H175O25P/c1-7-11-15-19-23-25-27-29-30-31-33-35-37-39-50-59-67-80(99)116-89-85(104)86(105)90(117-93-87(106)83(102)81(100)75(68-95)114-93)92(91(89)118-94-88(107)84(103)82(101)76(115-94)71-111-78(97)65-57-49-42-40-46-54-62-72(5)60-52-44-21-17-13-9-3)119-120(108,109)112-70-74(69-110-77(96)64-56-48-38-36-34-32-28-26-24-20-16-12-8-2)113-79(98)66-58-51-43-41-47-55-63-73(6)61-53-45-22-18-14-10-4/h32,34,72-76,81-95,100-107H,7-31,33,35-71H2,1-6H3,(H,108,109)/b34-32-. The van der Waals surface area contributed by atoms with Crippen LogP contribution in [0.4, 0.5) is 0 Å². The van der Waals surface area contributed by atoms with Crippen LogP contribution in [0.2, 0.25) is 0 Å². The number of unbranched alkanes of at least 4 members (excludes halogenated alkanes) is 44. The van der Waals surface area contributed by atoms with Gasteiger partial charge in [0.25, 0.3) is 0 Å². The minimum Gasteiger partial charge on any atom is -0.463 e. The molecule has 2 heterocycles. The summed E-state index contributed by atoms with van der Waals surface area (Å²) < 4.78 is 73.6. The van der Waals surface area contributed by atoms with E-state index in [1.165, 1.54) is 193 Å². The summed E-state index contributed by atoms with van der Waals surface area (Å²) in [6.45, 7) is 10.3. The Kier molecular flexibility index (Phi) is 66.1. The van der Waals surface area contributed by atoms with Crippen molar-refractivity contribution < 1.29 is 122 Å². The predicted octanol–water partition coefficient (Wildman–Crippen LogP) is 18.4. The minimum atomic E-state index is -5.81. The van der Waals surface area contributed by atoms with Crippen molar-refractivity contribution in [2.45, 2.75) is 525 Å². The van der Waals surface area contributed by atoms with Gasteiger partial charge >= 0.3 is 31.7 Å². The van der Waals surface area contributed by atoms with Gasteiger partial charge in [-0.1, -0.05) is 355 Å². The molecule has 0 amide bonds. The zero-order valence-corrected chi connectivity index (χ0v) is 76.6. The van der Waals surface area contributed by atoms with Crippen molar-refractivity contribution in [2.24, 2.45) is 11.8 Å². The van der Waals surface area contributed by atoms with Crippen molar-refractivity contribution in [2.75, 3.05) is 26.4 Å².